The second-order valence-corrected chi connectivity index (χ2v) is 15.2. The molecular weight excluding hydrogens is 560 g/mol. The molecule has 6 bridgehead atoms. The maximum absolute atomic E-state index is 12.4. The maximum atomic E-state index is 12.4. The fourth-order valence-electron chi connectivity index (χ4n) is 8.52. The molecule has 8 unspecified atom stereocenters. The van der Waals surface area contributed by atoms with Crippen LogP contribution in [0.5, 0.6) is 0 Å². The Labute approximate surface area is 268 Å². The van der Waals surface area contributed by atoms with Crippen molar-refractivity contribution in [2.45, 2.75) is 172 Å². The van der Waals surface area contributed by atoms with Crippen molar-refractivity contribution < 1.29 is 38.4 Å². The molecule has 8 atom stereocenters. The SMILES string of the molecule is C.C.C.C.CCC(C)(C)C(=O)OC(C)OC1C2CC3C(=O)OC1C3C2.CCC(C)(C)C(=O)OC12CC3CC(CC(O)(C3)C1)C2. The van der Waals surface area contributed by atoms with Crippen molar-refractivity contribution in [3.8, 4) is 0 Å². The summed E-state index contributed by atoms with van der Waals surface area (Å²) in [6, 6.07) is 0. The molecule has 8 heteroatoms. The minimum atomic E-state index is -0.606. The Morgan fingerprint density at radius 2 is 1.45 bits per heavy atom. The number of carbonyl (C=O) groups excluding carboxylic acids is 3. The highest BCUT2D eigenvalue weighted by Crippen LogP contribution is 2.59. The molecule has 7 fully saturated rings. The Kier molecular flexibility index (Phi) is 12.8. The van der Waals surface area contributed by atoms with Crippen molar-refractivity contribution in [1.29, 1.82) is 0 Å². The molecule has 1 saturated heterocycles. The van der Waals surface area contributed by atoms with Crippen LogP contribution in [0.25, 0.3) is 0 Å². The van der Waals surface area contributed by atoms with Gasteiger partial charge in [-0.2, -0.15) is 0 Å². The second-order valence-electron chi connectivity index (χ2n) is 15.2. The molecular formula is C36H66O8. The van der Waals surface area contributed by atoms with Gasteiger partial charge in [0.2, 0.25) is 6.29 Å². The third-order valence-corrected chi connectivity index (χ3v) is 11.2. The van der Waals surface area contributed by atoms with Crippen molar-refractivity contribution in [2.24, 2.45) is 40.4 Å². The monoisotopic (exact) mass is 626 g/mol. The van der Waals surface area contributed by atoms with E-state index in [0.29, 0.717) is 36.5 Å². The predicted octanol–water partition coefficient (Wildman–Crippen LogP) is 7.87. The van der Waals surface area contributed by atoms with Gasteiger partial charge in [-0.3, -0.25) is 14.4 Å². The Bertz CT molecular complexity index is 1000. The molecule has 0 spiro atoms. The Morgan fingerprint density at radius 3 is 1.98 bits per heavy atom. The number of fused-ring (bicyclic) bond motifs is 1. The number of ether oxygens (including phenoxy) is 4. The van der Waals surface area contributed by atoms with Crippen molar-refractivity contribution in [3.05, 3.63) is 0 Å². The summed E-state index contributed by atoms with van der Waals surface area (Å²) < 4.78 is 22.7. The fourth-order valence-corrected chi connectivity index (χ4v) is 8.52. The summed E-state index contributed by atoms with van der Waals surface area (Å²) in [5.74, 6) is 1.46. The van der Waals surface area contributed by atoms with Crippen molar-refractivity contribution in [1.82, 2.24) is 0 Å². The Balaban J connectivity index is 0.000000405. The normalized spacial score (nSPS) is 37.5. The lowest BCUT2D eigenvalue weighted by atomic mass is 9.52. The molecule has 1 N–H and O–H groups in total. The van der Waals surface area contributed by atoms with Gasteiger partial charge < -0.3 is 24.1 Å². The van der Waals surface area contributed by atoms with E-state index in [0.717, 1.165) is 44.9 Å². The van der Waals surface area contributed by atoms with Gasteiger partial charge in [0.25, 0.3) is 0 Å². The summed E-state index contributed by atoms with van der Waals surface area (Å²) in [6.45, 7) is 13.3. The highest BCUT2D eigenvalue weighted by Gasteiger charge is 2.63. The molecule has 1 heterocycles. The molecule has 0 amide bonds. The van der Waals surface area contributed by atoms with Crippen LogP contribution in [-0.4, -0.2) is 52.7 Å². The average molecular weight is 627 g/mol. The third kappa shape index (κ3) is 7.48. The van der Waals surface area contributed by atoms with Crippen LogP contribution in [0.3, 0.4) is 0 Å². The second kappa shape index (κ2) is 14.0. The summed E-state index contributed by atoms with van der Waals surface area (Å²) in [6.07, 6.45) is 8.15. The molecule has 0 radical (unpaired) electrons. The molecule has 8 nitrogen and oxygen atoms in total. The van der Waals surface area contributed by atoms with Crippen LogP contribution >= 0.6 is 0 Å². The van der Waals surface area contributed by atoms with Crippen molar-refractivity contribution in [3.63, 3.8) is 0 Å². The van der Waals surface area contributed by atoms with Gasteiger partial charge in [0.1, 0.15) is 17.8 Å². The van der Waals surface area contributed by atoms with E-state index < -0.39 is 22.7 Å². The smallest absolute Gasteiger partial charge is 0.313 e. The van der Waals surface area contributed by atoms with E-state index in [2.05, 4.69) is 0 Å². The maximum Gasteiger partial charge on any atom is 0.313 e. The van der Waals surface area contributed by atoms with Gasteiger partial charge in [-0.1, -0.05) is 43.6 Å². The lowest BCUT2D eigenvalue weighted by Crippen LogP contribution is -2.61. The van der Waals surface area contributed by atoms with E-state index in [-0.39, 0.29) is 71.3 Å². The van der Waals surface area contributed by atoms with Gasteiger partial charge in [-0.25, -0.2) is 0 Å². The van der Waals surface area contributed by atoms with Crippen LogP contribution in [0.1, 0.15) is 142 Å². The molecule has 0 aromatic carbocycles. The van der Waals surface area contributed by atoms with E-state index >= 15 is 0 Å². The highest BCUT2D eigenvalue weighted by atomic mass is 16.7. The van der Waals surface area contributed by atoms with Crippen LogP contribution in [0.2, 0.25) is 0 Å². The molecule has 7 rings (SSSR count). The zero-order chi connectivity index (χ0) is 29.3. The van der Waals surface area contributed by atoms with Crippen LogP contribution in [0, 0.1) is 40.4 Å². The third-order valence-electron chi connectivity index (χ3n) is 11.2. The predicted molar refractivity (Wildman–Crippen MR) is 174 cm³/mol. The number of carbonyl (C=O) groups is 3. The van der Waals surface area contributed by atoms with Crippen molar-refractivity contribution >= 4 is 17.9 Å². The zero-order valence-corrected chi connectivity index (χ0v) is 25.5. The van der Waals surface area contributed by atoms with Crippen LogP contribution in [-0.2, 0) is 33.3 Å². The molecule has 44 heavy (non-hydrogen) atoms. The Hall–Kier alpha value is -1.67. The summed E-state index contributed by atoms with van der Waals surface area (Å²) >= 11 is 0. The minimum Gasteiger partial charge on any atom is -0.459 e. The summed E-state index contributed by atoms with van der Waals surface area (Å²) in [7, 11) is 0. The zero-order valence-electron chi connectivity index (χ0n) is 25.5. The number of hydrogen-bond acceptors (Lipinski definition) is 8. The van der Waals surface area contributed by atoms with Crippen LogP contribution in [0.15, 0.2) is 0 Å². The van der Waals surface area contributed by atoms with Gasteiger partial charge in [-0.15, -0.1) is 0 Å². The molecule has 1 aliphatic heterocycles. The molecule has 6 aliphatic carbocycles. The molecule has 7 aliphatic rings. The lowest BCUT2D eigenvalue weighted by Gasteiger charge is -2.59. The summed E-state index contributed by atoms with van der Waals surface area (Å²) in [5.41, 5.74) is -1.83. The van der Waals surface area contributed by atoms with Gasteiger partial charge in [-0.05, 0) is 110 Å². The first-order chi connectivity index (χ1) is 18.6. The number of esters is 3. The largest absolute Gasteiger partial charge is 0.459 e. The van der Waals surface area contributed by atoms with E-state index in [1.165, 1.54) is 6.42 Å². The fraction of sp³-hybridized carbons (Fsp3) is 0.917. The topological polar surface area (TPSA) is 108 Å². The van der Waals surface area contributed by atoms with E-state index in [1.54, 1.807) is 6.92 Å². The van der Waals surface area contributed by atoms with Crippen molar-refractivity contribution in [2.75, 3.05) is 0 Å². The number of aliphatic hydroxyl groups is 1. The first-order valence-corrected chi connectivity index (χ1v) is 15.6. The quantitative estimate of drug-likeness (QED) is 0.165. The minimum absolute atomic E-state index is 0. The summed E-state index contributed by atoms with van der Waals surface area (Å²) in [5, 5.41) is 10.6. The average Bonchev–Trinajstić information content (AvgIpc) is 3.48. The molecule has 0 aromatic heterocycles. The van der Waals surface area contributed by atoms with E-state index in [4.69, 9.17) is 18.9 Å². The van der Waals surface area contributed by atoms with Crippen LogP contribution < -0.4 is 0 Å². The van der Waals surface area contributed by atoms with Gasteiger partial charge >= 0.3 is 17.9 Å². The van der Waals surface area contributed by atoms with Gasteiger partial charge in [0.15, 0.2) is 0 Å². The van der Waals surface area contributed by atoms with E-state index in [9.17, 15) is 19.5 Å². The first-order valence-electron chi connectivity index (χ1n) is 15.6. The van der Waals surface area contributed by atoms with E-state index in [1.807, 2.05) is 41.5 Å². The van der Waals surface area contributed by atoms with Gasteiger partial charge in [0, 0.05) is 12.3 Å². The molecule has 0 aromatic rings. The van der Waals surface area contributed by atoms with Crippen LogP contribution in [0.4, 0.5) is 0 Å². The molecule has 6 saturated carbocycles. The molecule has 258 valence electrons. The first kappa shape index (κ1) is 40.4. The summed E-state index contributed by atoms with van der Waals surface area (Å²) in [4.78, 5) is 36.2. The lowest BCUT2D eigenvalue weighted by molar-refractivity contribution is -0.225. The number of rotatable bonds is 8. The van der Waals surface area contributed by atoms with Gasteiger partial charge in [0.05, 0.1) is 22.3 Å². The highest BCUT2D eigenvalue weighted by molar-refractivity contribution is 5.77. The standard InChI is InChI=1S/C16H24O5.C16H26O3.4CH4/c1-5-16(3,4)15(18)20-8(2)19-12-9-6-10-11(7-9)14(17)21-13(10)12;1-4-14(2,3)13(17)19-16-8-11-5-12(9-16)7-15(18,6-11)10-16;;;;/h8-13H,5-7H2,1-4H3;11-12,18H,4-10H2,1-3H3;4*1H4. The number of hydrogen-bond donors (Lipinski definition) is 1. The Morgan fingerprint density at radius 1 is 0.909 bits per heavy atom.